The van der Waals surface area contributed by atoms with Crippen LogP contribution in [0.1, 0.15) is 31.7 Å². The summed E-state index contributed by atoms with van der Waals surface area (Å²) >= 11 is 0. The number of carbonyl (C=O) groups excluding carboxylic acids is 2. The van der Waals surface area contributed by atoms with E-state index in [1.165, 1.54) is 0 Å². The third kappa shape index (κ3) is 9.09. The van der Waals surface area contributed by atoms with Gasteiger partial charge in [0.2, 0.25) is 0 Å². The second-order valence-corrected chi connectivity index (χ2v) is 5.36. The van der Waals surface area contributed by atoms with Crippen molar-refractivity contribution in [2.45, 2.75) is 38.8 Å². The van der Waals surface area contributed by atoms with Crippen molar-refractivity contribution < 1.29 is 32.2 Å². The first-order chi connectivity index (χ1) is 11.8. The van der Waals surface area contributed by atoms with Crippen LogP contribution in [0.25, 0.3) is 0 Å². The van der Waals surface area contributed by atoms with Crippen LogP contribution in [0.2, 0.25) is 0 Å². The molecule has 1 aromatic carbocycles. The number of esters is 2. The predicted octanol–water partition coefficient (Wildman–Crippen LogP) is 3.02. The number of carbonyl (C=O) groups is 2. The van der Waals surface area contributed by atoms with Gasteiger partial charge in [-0.1, -0.05) is 25.5 Å². The van der Waals surface area contributed by atoms with Gasteiger partial charge in [0, 0.05) is 6.54 Å². The Morgan fingerprint density at radius 1 is 1.20 bits per heavy atom. The molecule has 0 aliphatic rings. The third-order valence-electron chi connectivity index (χ3n) is 3.20. The zero-order valence-electron chi connectivity index (χ0n) is 14.0. The molecule has 1 rings (SSSR count). The molecule has 0 fully saturated rings. The number of hydrogen-bond donors (Lipinski definition) is 1. The monoisotopic (exact) mass is 361 g/mol. The highest BCUT2D eigenvalue weighted by atomic mass is 19.4. The fraction of sp³-hybridized carbons (Fsp3) is 0.529. The molecule has 1 aromatic rings. The molecule has 0 unspecified atom stereocenters. The number of benzene rings is 1. The van der Waals surface area contributed by atoms with Gasteiger partial charge in [0.15, 0.2) is 0 Å². The minimum Gasteiger partial charge on any atom is -0.494 e. The number of unbranched alkanes of at least 4 members (excludes halogenated alkanes) is 1. The minimum absolute atomic E-state index is 0.122. The number of ether oxygens (including phenoxy) is 2. The SMILES string of the molecule is CCCCOc1cccc(CCNCCC(=O)OC(=O)C(F)(F)F)c1. The van der Waals surface area contributed by atoms with E-state index >= 15 is 0 Å². The molecule has 0 aliphatic carbocycles. The van der Waals surface area contributed by atoms with Crippen molar-refractivity contribution in [3.8, 4) is 5.75 Å². The topological polar surface area (TPSA) is 64.6 Å². The summed E-state index contributed by atoms with van der Waals surface area (Å²) in [5, 5.41) is 2.91. The second-order valence-electron chi connectivity index (χ2n) is 5.36. The summed E-state index contributed by atoms with van der Waals surface area (Å²) in [7, 11) is 0. The maximum Gasteiger partial charge on any atom is 0.491 e. The molecule has 0 saturated carbocycles. The van der Waals surface area contributed by atoms with E-state index in [9.17, 15) is 22.8 Å². The van der Waals surface area contributed by atoms with Crippen molar-refractivity contribution in [1.29, 1.82) is 0 Å². The normalized spacial score (nSPS) is 11.2. The highest BCUT2D eigenvalue weighted by molar-refractivity contribution is 5.88. The van der Waals surface area contributed by atoms with Gasteiger partial charge in [-0.3, -0.25) is 4.79 Å². The fourth-order valence-corrected chi connectivity index (χ4v) is 1.89. The quantitative estimate of drug-likeness (QED) is 0.394. The van der Waals surface area contributed by atoms with Gasteiger partial charge in [-0.15, -0.1) is 0 Å². The molecule has 0 heterocycles. The molecule has 8 heteroatoms. The lowest BCUT2D eigenvalue weighted by atomic mass is 10.1. The standard InChI is InChI=1S/C17H22F3NO4/c1-2-3-11-24-14-6-4-5-13(12-14)7-9-21-10-8-15(22)25-16(23)17(18,19)20/h4-6,12,21H,2-3,7-11H2,1H3. The van der Waals surface area contributed by atoms with Crippen LogP contribution in [0.3, 0.4) is 0 Å². The molecule has 0 aromatic heterocycles. The number of nitrogens with one attached hydrogen (secondary N) is 1. The molecule has 0 bridgehead atoms. The van der Waals surface area contributed by atoms with E-state index in [2.05, 4.69) is 17.0 Å². The highest BCUT2D eigenvalue weighted by Crippen LogP contribution is 2.16. The van der Waals surface area contributed by atoms with Crippen molar-refractivity contribution in [2.24, 2.45) is 0 Å². The van der Waals surface area contributed by atoms with E-state index < -0.39 is 18.1 Å². The average Bonchev–Trinajstić information content (AvgIpc) is 2.54. The summed E-state index contributed by atoms with van der Waals surface area (Å²) in [6.07, 6.45) is -2.77. The Balaban J connectivity index is 2.22. The number of hydrogen-bond acceptors (Lipinski definition) is 5. The third-order valence-corrected chi connectivity index (χ3v) is 3.20. The molecule has 25 heavy (non-hydrogen) atoms. The number of halogens is 3. The number of alkyl halides is 3. The Bertz CT molecular complexity index is 561. The summed E-state index contributed by atoms with van der Waals surface area (Å²) in [5.41, 5.74) is 1.04. The number of rotatable bonds is 10. The van der Waals surface area contributed by atoms with E-state index in [-0.39, 0.29) is 13.0 Å². The fourth-order valence-electron chi connectivity index (χ4n) is 1.89. The zero-order valence-corrected chi connectivity index (χ0v) is 14.0. The largest absolute Gasteiger partial charge is 0.494 e. The molecule has 0 atom stereocenters. The molecule has 1 N–H and O–H groups in total. The van der Waals surface area contributed by atoms with Crippen LogP contribution < -0.4 is 10.1 Å². The lowest BCUT2D eigenvalue weighted by Crippen LogP contribution is -2.29. The summed E-state index contributed by atoms with van der Waals surface area (Å²) in [5.74, 6) is -2.90. The smallest absolute Gasteiger partial charge is 0.491 e. The summed E-state index contributed by atoms with van der Waals surface area (Å²) in [4.78, 5) is 21.6. The van der Waals surface area contributed by atoms with Crippen molar-refractivity contribution in [3.63, 3.8) is 0 Å². The van der Waals surface area contributed by atoms with E-state index in [0.29, 0.717) is 19.6 Å². The van der Waals surface area contributed by atoms with Crippen molar-refractivity contribution in [2.75, 3.05) is 19.7 Å². The van der Waals surface area contributed by atoms with E-state index in [4.69, 9.17) is 4.74 Å². The zero-order chi connectivity index (χ0) is 18.7. The maximum atomic E-state index is 11.9. The molecule has 140 valence electrons. The Morgan fingerprint density at radius 2 is 1.96 bits per heavy atom. The van der Waals surface area contributed by atoms with Gasteiger partial charge >= 0.3 is 18.1 Å². The molecular weight excluding hydrogens is 339 g/mol. The van der Waals surface area contributed by atoms with Gasteiger partial charge in [0.25, 0.3) is 0 Å². The van der Waals surface area contributed by atoms with Gasteiger partial charge in [-0.05, 0) is 37.1 Å². The molecule has 0 saturated heterocycles. The van der Waals surface area contributed by atoms with Gasteiger partial charge < -0.3 is 14.8 Å². The van der Waals surface area contributed by atoms with E-state index in [0.717, 1.165) is 24.2 Å². The van der Waals surface area contributed by atoms with Crippen LogP contribution in [0, 0.1) is 0 Å². The average molecular weight is 361 g/mol. The lowest BCUT2D eigenvalue weighted by Gasteiger charge is -2.08. The first kappa shape index (κ1) is 21.0. The summed E-state index contributed by atoms with van der Waals surface area (Å²) < 4.78 is 45.0. The Kier molecular flexibility index (Phi) is 8.98. The Hall–Kier alpha value is -2.09. The van der Waals surface area contributed by atoms with Gasteiger partial charge in [0.05, 0.1) is 13.0 Å². The second kappa shape index (κ2) is 10.7. The molecule has 0 aliphatic heterocycles. The van der Waals surface area contributed by atoms with Crippen LogP contribution in [-0.2, 0) is 20.7 Å². The Labute approximate surface area is 144 Å². The van der Waals surface area contributed by atoms with Crippen molar-refractivity contribution >= 4 is 11.9 Å². The van der Waals surface area contributed by atoms with Crippen molar-refractivity contribution in [3.05, 3.63) is 29.8 Å². The van der Waals surface area contributed by atoms with E-state index in [1.54, 1.807) is 0 Å². The van der Waals surface area contributed by atoms with Crippen LogP contribution in [-0.4, -0.2) is 37.8 Å². The maximum absolute atomic E-state index is 11.9. The molecular formula is C17H22F3NO4. The summed E-state index contributed by atoms with van der Waals surface area (Å²) in [6.45, 7) is 3.40. The van der Waals surface area contributed by atoms with Gasteiger partial charge in [0.1, 0.15) is 5.75 Å². The van der Waals surface area contributed by atoms with Crippen LogP contribution in [0.5, 0.6) is 5.75 Å². The molecule has 0 spiro atoms. The lowest BCUT2D eigenvalue weighted by molar-refractivity contribution is -0.201. The van der Waals surface area contributed by atoms with Crippen molar-refractivity contribution in [1.82, 2.24) is 5.32 Å². The Morgan fingerprint density at radius 3 is 2.64 bits per heavy atom. The first-order valence-corrected chi connectivity index (χ1v) is 8.07. The predicted molar refractivity (Wildman–Crippen MR) is 85.2 cm³/mol. The minimum atomic E-state index is -5.16. The van der Waals surface area contributed by atoms with Crippen LogP contribution in [0.15, 0.2) is 24.3 Å². The van der Waals surface area contributed by atoms with Gasteiger partial charge in [-0.2, -0.15) is 13.2 Å². The van der Waals surface area contributed by atoms with Crippen LogP contribution in [0.4, 0.5) is 13.2 Å². The highest BCUT2D eigenvalue weighted by Gasteiger charge is 2.42. The summed E-state index contributed by atoms with van der Waals surface area (Å²) in [6, 6.07) is 7.62. The van der Waals surface area contributed by atoms with Crippen LogP contribution >= 0.6 is 0 Å². The first-order valence-electron chi connectivity index (χ1n) is 8.07. The molecule has 0 radical (unpaired) electrons. The van der Waals surface area contributed by atoms with E-state index in [1.807, 2.05) is 24.3 Å². The van der Waals surface area contributed by atoms with Gasteiger partial charge in [-0.25, -0.2) is 4.79 Å². The molecule has 0 amide bonds. The molecule has 5 nitrogen and oxygen atoms in total.